The van der Waals surface area contributed by atoms with Gasteiger partial charge in [0, 0.05) is 5.92 Å². The second kappa shape index (κ2) is 3.12. The Bertz CT molecular complexity index is 296. The number of aliphatic carboxylic acids is 1. The molecule has 2 rings (SSSR count). The largest absolute Gasteiger partial charge is 0.480 e. The van der Waals surface area contributed by atoms with E-state index in [1.165, 1.54) is 0 Å². The SMILES string of the molecule is O=C(NC1(C(=O)O)CC1)C1CC=CC1. The highest BCUT2D eigenvalue weighted by Gasteiger charge is 2.52. The van der Waals surface area contributed by atoms with Crippen LogP contribution in [0.2, 0.25) is 0 Å². The van der Waals surface area contributed by atoms with Crippen LogP contribution < -0.4 is 5.32 Å². The number of amides is 1. The molecule has 0 aliphatic heterocycles. The van der Waals surface area contributed by atoms with E-state index in [-0.39, 0.29) is 11.8 Å². The number of allylic oxidation sites excluding steroid dienone is 2. The van der Waals surface area contributed by atoms with E-state index in [1.807, 2.05) is 12.2 Å². The zero-order chi connectivity index (χ0) is 10.2. The van der Waals surface area contributed by atoms with Crippen molar-refractivity contribution in [3.8, 4) is 0 Å². The smallest absolute Gasteiger partial charge is 0.329 e. The van der Waals surface area contributed by atoms with Gasteiger partial charge in [0.2, 0.25) is 5.91 Å². The fourth-order valence-corrected chi connectivity index (χ4v) is 1.69. The van der Waals surface area contributed by atoms with E-state index in [1.54, 1.807) is 0 Å². The summed E-state index contributed by atoms with van der Waals surface area (Å²) < 4.78 is 0. The van der Waals surface area contributed by atoms with Gasteiger partial charge in [0.15, 0.2) is 0 Å². The van der Waals surface area contributed by atoms with Gasteiger partial charge in [0.05, 0.1) is 0 Å². The summed E-state index contributed by atoms with van der Waals surface area (Å²) in [5.41, 5.74) is -0.931. The molecule has 0 atom stereocenters. The van der Waals surface area contributed by atoms with Crippen molar-refractivity contribution in [3.05, 3.63) is 12.2 Å². The van der Waals surface area contributed by atoms with Crippen LogP contribution in [-0.4, -0.2) is 22.5 Å². The van der Waals surface area contributed by atoms with Gasteiger partial charge < -0.3 is 10.4 Å². The first-order valence-corrected chi connectivity index (χ1v) is 4.84. The molecule has 14 heavy (non-hydrogen) atoms. The number of carboxylic acid groups (broad SMARTS) is 1. The maximum atomic E-state index is 11.6. The van der Waals surface area contributed by atoms with Crippen LogP contribution in [0.5, 0.6) is 0 Å². The third-order valence-electron chi connectivity index (χ3n) is 2.90. The van der Waals surface area contributed by atoms with Crippen LogP contribution in [0.25, 0.3) is 0 Å². The molecule has 1 fully saturated rings. The minimum atomic E-state index is -0.931. The molecule has 4 heteroatoms. The maximum Gasteiger partial charge on any atom is 0.329 e. The van der Waals surface area contributed by atoms with Crippen LogP contribution in [0.1, 0.15) is 25.7 Å². The van der Waals surface area contributed by atoms with Crippen molar-refractivity contribution >= 4 is 11.9 Å². The van der Waals surface area contributed by atoms with Crippen LogP contribution in [-0.2, 0) is 9.59 Å². The van der Waals surface area contributed by atoms with Gasteiger partial charge in [-0.2, -0.15) is 0 Å². The third-order valence-corrected chi connectivity index (χ3v) is 2.90. The van der Waals surface area contributed by atoms with Crippen molar-refractivity contribution in [2.45, 2.75) is 31.2 Å². The molecular weight excluding hydrogens is 182 g/mol. The summed E-state index contributed by atoms with van der Waals surface area (Å²) in [5, 5.41) is 11.5. The van der Waals surface area contributed by atoms with Crippen molar-refractivity contribution < 1.29 is 14.7 Å². The van der Waals surface area contributed by atoms with E-state index >= 15 is 0 Å². The zero-order valence-corrected chi connectivity index (χ0v) is 7.82. The molecule has 2 N–H and O–H groups in total. The second-order valence-corrected chi connectivity index (χ2v) is 4.02. The lowest BCUT2D eigenvalue weighted by atomic mass is 10.1. The number of hydrogen-bond donors (Lipinski definition) is 2. The average Bonchev–Trinajstić information content (AvgIpc) is 2.74. The van der Waals surface area contributed by atoms with Gasteiger partial charge in [0.1, 0.15) is 5.54 Å². The van der Waals surface area contributed by atoms with Gasteiger partial charge in [-0.15, -0.1) is 0 Å². The zero-order valence-electron chi connectivity index (χ0n) is 7.82. The third kappa shape index (κ3) is 1.52. The summed E-state index contributed by atoms with van der Waals surface area (Å²) in [6.07, 6.45) is 6.53. The maximum absolute atomic E-state index is 11.6. The molecule has 0 aromatic heterocycles. The van der Waals surface area contributed by atoms with Gasteiger partial charge in [-0.1, -0.05) is 12.2 Å². The van der Waals surface area contributed by atoms with E-state index in [0.717, 1.165) is 12.8 Å². The van der Waals surface area contributed by atoms with Crippen LogP contribution in [0, 0.1) is 5.92 Å². The summed E-state index contributed by atoms with van der Waals surface area (Å²) in [6, 6.07) is 0. The molecule has 1 saturated carbocycles. The Hall–Kier alpha value is -1.32. The Balaban J connectivity index is 1.91. The van der Waals surface area contributed by atoms with Crippen molar-refractivity contribution in [2.75, 3.05) is 0 Å². The Morgan fingerprint density at radius 2 is 1.86 bits per heavy atom. The Morgan fingerprint density at radius 3 is 2.29 bits per heavy atom. The van der Waals surface area contributed by atoms with Gasteiger partial charge in [-0.05, 0) is 25.7 Å². The van der Waals surface area contributed by atoms with Gasteiger partial charge in [0.25, 0.3) is 0 Å². The summed E-state index contributed by atoms with van der Waals surface area (Å²) in [7, 11) is 0. The van der Waals surface area contributed by atoms with Gasteiger partial charge in [-0.3, -0.25) is 4.79 Å². The molecule has 0 heterocycles. The number of rotatable bonds is 3. The predicted molar refractivity (Wildman–Crippen MR) is 49.6 cm³/mol. The van der Waals surface area contributed by atoms with E-state index in [9.17, 15) is 9.59 Å². The van der Waals surface area contributed by atoms with Crippen molar-refractivity contribution in [1.82, 2.24) is 5.32 Å². The lowest BCUT2D eigenvalue weighted by molar-refractivity contribution is -0.143. The minimum Gasteiger partial charge on any atom is -0.480 e. The Kier molecular flexibility index (Phi) is 2.06. The number of carbonyl (C=O) groups is 2. The monoisotopic (exact) mass is 195 g/mol. The quantitative estimate of drug-likeness (QED) is 0.651. The van der Waals surface area contributed by atoms with E-state index < -0.39 is 11.5 Å². The molecule has 0 radical (unpaired) electrons. The average molecular weight is 195 g/mol. The normalized spacial score (nSPS) is 23.4. The van der Waals surface area contributed by atoms with Crippen LogP contribution >= 0.6 is 0 Å². The molecule has 0 bridgehead atoms. The molecule has 0 aromatic rings. The highest BCUT2D eigenvalue weighted by atomic mass is 16.4. The first-order chi connectivity index (χ1) is 6.64. The minimum absolute atomic E-state index is 0.0492. The highest BCUT2D eigenvalue weighted by Crippen LogP contribution is 2.36. The molecule has 4 nitrogen and oxygen atoms in total. The van der Waals surface area contributed by atoms with E-state index in [2.05, 4.69) is 5.32 Å². The predicted octanol–water partition coefficient (Wildman–Crippen LogP) is 0.686. The molecule has 2 aliphatic carbocycles. The van der Waals surface area contributed by atoms with Crippen molar-refractivity contribution in [3.63, 3.8) is 0 Å². The first-order valence-electron chi connectivity index (χ1n) is 4.84. The lowest BCUT2D eigenvalue weighted by Crippen LogP contribution is -2.45. The molecule has 76 valence electrons. The molecular formula is C10H13NO3. The molecule has 0 aromatic carbocycles. The lowest BCUT2D eigenvalue weighted by Gasteiger charge is -2.15. The first kappa shape index (κ1) is 9.24. The number of carbonyl (C=O) groups excluding carboxylic acids is 1. The molecule has 1 amide bonds. The summed E-state index contributed by atoms with van der Waals surface area (Å²) in [4.78, 5) is 22.4. The molecule has 0 saturated heterocycles. The van der Waals surface area contributed by atoms with Gasteiger partial charge >= 0.3 is 5.97 Å². The highest BCUT2D eigenvalue weighted by molar-refractivity contribution is 5.90. The van der Waals surface area contributed by atoms with E-state index in [0.29, 0.717) is 12.8 Å². The second-order valence-electron chi connectivity index (χ2n) is 4.02. The fraction of sp³-hybridized carbons (Fsp3) is 0.600. The van der Waals surface area contributed by atoms with Crippen molar-refractivity contribution in [1.29, 1.82) is 0 Å². The van der Waals surface area contributed by atoms with Crippen LogP contribution in [0.15, 0.2) is 12.2 Å². The number of nitrogens with one attached hydrogen (secondary N) is 1. The van der Waals surface area contributed by atoms with Gasteiger partial charge in [-0.25, -0.2) is 4.79 Å². The van der Waals surface area contributed by atoms with Crippen LogP contribution in [0.4, 0.5) is 0 Å². The molecule has 0 unspecified atom stereocenters. The molecule has 2 aliphatic rings. The Morgan fingerprint density at radius 1 is 1.29 bits per heavy atom. The number of carboxylic acids is 1. The molecule has 0 spiro atoms. The summed E-state index contributed by atoms with van der Waals surface area (Å²) in [5.74, 6) is -1.07. The summed E-state index contributed by atoms with van der Waals surface area (Å²) in [6.45, 7) is 0. The standard InChI is InChI=1S/C10H13NO3/c12-8(7-3-1-2-4-7)11-10(5-6-10)9(13)14/h1-2,7H,3-6H2,(H,11,12)(H,13,14). The van der Waals surface area contributed by atoms with E-state index in [4.69, 9.17) is 5.11 Å². The van der Waals surface area contributed by atoms with Crippen LogP contribution in [0.3, 0.4) is 0 Å². The topological polar surface area (TPSA) is 66.4 Å². The Labute approximate surface area is 82.0 Å². The number of hydrogen-bond acceptors (Lipinski definition) is 2. The van der Waals surface area contributed by atoms with Crippen molar-refractivity contribution in [2.24, 2.45) is 5.92 Å². The summed E-state index contributed by atoms with van der Waals surface area (Å²) >= 11 is 0. The fourth-order valence-electron chi connectivity index (χ4n) is 1.69.